The first-order chi connectivity index (χ1) is 6.13. The first-order valence-corrected chi connectivity index (χ1v) is 6.45. The monoisotopic (exact) mass is 204 g/mol. The molecule has 0 aromatic rings. The van der Waals surface area contributed by atoms with E-state index in [0.717, 1.165) is 19.5 Å². The van der Waals surface area contributed by atoms with Gasteiger partial charge < -0.3 is 5.32 Å². The summed E-state index contributed by atoms with van der Waals surface area (Å²) >= 11 is 0. The number of nitrogens with one attached hydrogen (secondary N) is 1. The highest BCUT2D eigenvalue weighted by molar-refractivity contribution is 7.89. The summed E-state index contributed by atoms with van der Waals surface area (Å²) in [5.41, 5.74) is 0. The van der Waals surface area contributed by atoms with Crippen LogP contribution in [-0.2, 0) is 10.0 Å². The molecule has 0 saturated carbocycles. The van der Waals surface area contributed by atoms with E-state index < -0.39 is 10.0 Å². The topological polar surface area (TPSA) is 49.4 Å². The van der Waals surface area contributed by atoms with Crippen molar-refractivity contribution in [2.45, 2.75) is 19.4 Å². The highest BCUT2D eigenvalue weighted by atomic mass is 32.2. The molecule has 2 aliphatic heterocycles. The molecule has 0 aliphatic carbocycles. The maximum atomic E-state index is 11.5. The van der Waals surface area contributed by atoms with Crippen LogP contribution < -0.4 is 5.32 Å². The van der Waals surface area contributed by atoms with Crippen LogP contribution in [0.25, 0.3) is 0 Å². The molecule has 1 N–H and O–H groups in total. The maximum Gasteiger partial charge on any atom is 0.213 e. The molecule has 0 bridgehead atoms. The van der Waals surface area contributed by atoms with Gasteiger partial charge in [-0.15, -0.1) is 0 Å². The number of nitrogens with zero attached hydrogens (tertiary/aromatic N) is 1. The number of rotatable bonds is 2. The number of fused-ring (bicyclic) bond motifs is 1. The Hall–Kier alpha value is -0.130. The molecule has 5 heteroatoms. The van der Waals surface area contributed by atoms with Crippen molar-refractivity contribution >= 4 is 10.0 Å². The summed E-state index contributed by atoms with van der Waals surface area (Å²) in [7, 11) is -2.95. The molecule has 0 aromatic carbocycles. The first kappa shape index (κ1) is 9.43. The molecule has 0 amide bonds. The molecule has 76 valence electrons. The minimum absolute atomic E-state index is 0.229. The average Bonchev–Trinajstić information content (AvgIpc) is 2.61. The van der Waals surface area contributed by atoms with Gasteiger partial charge in [0, 0.05) is 19.1 Å². The van der Waals surface area contributed by atoms with Crippen LogP contribution in [0.4, 0.5) is 0 Å². The van der Waals surface area contributed by atoms with Gasteiger partial charge in [-0.05, 0) is 25.8 Å². The van der Waals surface area contributed by atoms with E-state index in [-0.39, 0.29) is 5.75 Å². The fourth-order valence-electron chi connectivity index (χ4n) is 2.22. The van der Waals surface area contributed by atoms with Crippen LogP contribution in [0, 0.1) is 5.92 Å². The van der Waals surface area contributed by atoms with E-state index in [1.54, 1.807) is 11.2 Å². The van der Waals surface area contributed by atoms with Gasteiger partial charge in [-0.2, -0.15) is 0 Å². The van der Waals surface area contributed by atoms with Crippen LogP contribution in [-0.4, -0.2) is 44.2 Å². The summed E-state index contributed by atoms with van der Waals surface area (Å²) in [6.45, 7) is 4.17. The summed E-state index contributed by atoms with van der Waals surface area (Å²) in [5, 5.41) is 3.34. The van der Waals surface area contributed by atoms with E-state index in [1.807, 2.05) is 0 Å². The van der Waals surface area contributed by atoms with Gasteiger partial charge in [-0.25, -0.2) is 12.7 Å². The van der Waals surface area contributed by atoms with Crippen LogP contribution in [0.1, 0.15) is 13.3 Å². The lowest BCUT2D eigenvalue weighted by molar-refractivity contribution is 0.449. The highest BCUT2D eigenvalue weighted by Crippen LogP contribution is 2.26. The maximum absolute atomic E-state index is 11.5. The van der Waals surface area contributed by atoms with Crippen molar-refractivity contribution in [3.8, 4) is 0 Å². The van der Waals surface area contributed by atoms with Gasteiger partial charge in [-0.1, -0.05) is 0 Å². The van der Waals surface area contributed by atoms with Crippen molar-refractivity contribution in [1.29, 1.82) is 0 Å². The van der Waals surface area contributed by atoms with E-state index >= 15 is 0 Å². The summed E-state index contributed by atoms with van der Waals surface area (Å²) in [6.07, 6.45) is 1.13. The van der Waals surface area contributed by atoms with Crippen LogP contribution in [0.15, 0.2) is 0 Å². The van der Waals surface area contributed by atoms with E-state index in [1.165, 1.54) is 0 Å². The third-order valence-electron chi connectivity index (χ3n) is 3.09. The van der Waals surface area contributed by atoms with E-state index in [0.29, 0.717) is 18.5 Å². The molecule has 2 aliphatic rings. The minimum atomic E-state index is -2.95. The second-order valence-corrected chi connectivity index (χ2v) is 6.08. The Morgan fingerprint density at radius 2 is 2.23 bits per heavy atom. The summed E-state index contributed by atoms with van der Waals surface area (Å²) < 4.78 is 24.7. The Kier molecular flexibility index (Phi) is 2.33. The van der Waals surface area contributed by atoms with E-state index in [9.17, 15) is 8.42 Å². The second-order valence-electron chi connectivity index (χ2n) is 3.83. The van der Waals surface area contributed by atoms with Gasteiger partial charge in [0.2, 0.25) is 10.0 Å². The number of sulfonamides is 1. The van der Waals surface area contributed by atoms with Gasteiger partial charge in [0.15, 0.2) is 0 Å². The highest BCUT2D eigenvalue weighted by Gasteiger charge is 2.39. The molecule has 2 saturated heterocycles. The molecule has 2 fully saturated rings. The normalized spacial score (nSPS) is 35.2. The standard InChI is InChI=1S/C8H16N2O2S/c1-2-13(11,12)10-5-7-3-4-9-8(7)6-10/h7-9H,2-6H2,1H3. The van der Waals surface area contributed by atoms with Gasteiger partial charge in [-0.3, -0.25) is 0 Å². The van der Waals surface area contributed by atoms with Gasteiger partial charge in [0.05, 0.1) is 5.75 Å². The molecule has 4 nitrogen and oxygen atoms in total. The van der Waals surface area contributed by atoms with E-state index in [2.05, 4.69) is 5.32 Å². The van der Waals surface area contributed by atoms with Crippen molar-refractivity contribution in [3.63, 3.8) is 0 Å². The van der Waals surface area contributed by atoms with Crippen LogP contribution in [0.3, 0.4) is 0 Å². The predicted octanol–water partition coefficient (Wildman–Crippen LogP) is -0.370. The summed E-state index contributed by atoms with van der Waals surface area (Å²) in [6, 6.07) is 0.418. The average molecular weight is 204 g/mol. The van der Waals surface area contributed by atoms with Crippen LogP contribution in [0.2, 0.25) is 0 Å². The van der Waals surface area contributed by atoms with Crippen molar-refractivity contribution in [2.75, 3.05) is 25.4 Å². The number of hydrogen-bond donors (Lipinski definition) is 1. The number of hydrogen-bond acceptors (Lipinski definition) is 3. The SMILES string of the molecule is CCS(=O)(=O)N1CC2CCNC2C1. The van der Waals surface area contributed by atoms with Crippen molar-refractivity contribution in [3.05, 3.63) is 0 Å². The Morgan fingerprint density at radius 3 is 2.85 bits per heavy atom. The molecule has 0 radical (unpaired) electrons. The predicted molar refractivity (Wildman–Crippen MR) is 50.9 cm³/mol. The zero-order valence-electron chi connectivity index (χ0n) is 7.86. The van der Waals surface area contributed by atoms with Crippen molar-refractivity contribution < 1.29 is 8.42 Å². The van der Waals surface area contributed by atoms with Crippen LogP contribution in [0.5, 0.6) is 0 Å². The quantitative estimate of drug-likeness (QED) is 0.667. The minimum Gasteiger partial charge on any atom is -0.312 e. The molecule has 13 heavy (non-hydrogen) atoms. The van der Waals surface area contributed by atoms with Crippen LogP contribution >= 0.6 is 0 Å². The van der Waals surface area contributed by atoms with E-state index in [4.69, 9.17) is 0 Å². The molecular formula is C8H16N2O2S. The Balaban J connectivity index is 2.07. The molecule has 2 atom stereocenters. The van der Waals surface area contributed by atoms with Crippen molar-refractivity contribution in [2.24, 2.45) is 5.92 Å². The zero-order valence-corrected chi connectivity index (χ0v) is 8.68. The third kappa shape index (κ3) is 1.60. The first-order valence-electron chi connectivity index (χ1n) is 4.84. The molecule has 2 rings (SSSR count). The Morgan fingerprint density at radius 1 is 1.46 bits per heavy atom. The van der Waals surface area contributed by atoms with Gasteiger partial charge >= 0.3 is 0 Å². The Labute approximate surface area is 79.4 Å². The molecular weight excluding hydrogens is 188 g/mol. The molecule has 0 aromatic heterocycles. The lowest BCUT2D eigenvalue weighted by Crippen LogP contribution is -2.34. The van der Waals surface area contributed by atoms with Crippen molar-refractivity contribution in [1.82, 2.24) is 9.62 Å². The fourth-order valence-corrected chi connectivity index (χ4v) is 3.39. The second kappa shape index (κ2) is 3.22. The molecule has 2 unspecified atom stereocenters. The molecule has 2 heterocycles. The Bertz CT molecular complexity index is 277. The molecule has 0 spiro atoms. The summed E-state index contributed by atoms with van der Waals surface area (Å²) in [5.74, 6) is 0.785. The smallest absolute Gasteiger partial charge is 0.213 e. The summed E-state index contributed by atoms with van der Waals surface area (Å²) in [4.78, 5) is 0. The zero-order chi connectivity index (χ0) is 9.47. The third-order valence-corrected chi connectivity index (χ3v) is 4.90. The lowest BCUT2D eigenvalue weighted by Gasteiger charge is -2.15. The lowest BCUT2D eigenvalue weighted by atomic mass is 10.1. The largest absolute Gasteiger partial charge is 0.312 e. The van der Waals surface area contributed by atoms with Gasteiger partial charge in [0.25, 0.3) is 0 Å². The fraction of sp³-hybridized carbons (Fsp3) is 1.00. The van der Waals surface area contributed by atoms with Gasteiger partial charge in [0.1, 0.15) is 0 Å².